The summed E-state index contributed by atoms with van der Waals surface area (Å²) in [7, 11) is 3.75. The van der Waals surface area contributed by atoms with Crippen LogP contribution in [0.2, 0.25) is 0 Å². The molecule has 0 bridgehead atoms. The van der Waals surface area contributed by atoms with Crippen molar-refractivity contribution in [2.45, 2.75) is 43.4 Å². The van der Waals surface area contributed by atoms with Crippen molar-refractivity contribution in [2.24, 2.45) is 0 Å². The molecule has 1 saturated heterocycles. The molecule has 4 N–H and O–H groups in total. The molecule has 0 radical (unpaired) electrons. The summed E-state index contributed by atoms with van der Waals surface area (Å²) in [6.45, 7) is 1.95. The first-order valence-electron chi connectivity index (χ1n) is 11.0. The Morgan fingerprint density at radius 2 is 1.84 bits per heavy atom. The molecule has 0 saturated carbocycles. The number of fused-ring (bicyclic) bond motifs is 3. The first-order chi connectivity index (χ1) is 15.6. The zero-order valence-corrected chi connectivity index (χ0v) is 20.4. The number of carbonyl (C=O) groups excluding carboxylic acids is 1. The maximum absolute atomic E-state index is 9.93. The summed E-state index contributed by atoms with van der Waals surface area (Å²) in [6, 6.07) is 5.72. The monoisotopic (exact) mass is 472 g/mol. The molecule has 172 valence electrons. The number of thiol groups is 1. The fourth-order valence-corrected chi connectivity index (χ4v) is 5.23. The summed E-state index contributed by atoms with van der Waals surface area (Å²) in [4.78, 5) is 24.0. The molecular formula is C23H32N6OS2. The Kier molecular flexibility index (Phi) is 9.13. The molecule has 9 heteroatoms. The van der Waals surface area contributed by atoms with Crippen molar-refractivity contribution in [1.82, 2.24) is 20.2 Å². The Labute approximate surface area is 199 Å². The number of thiophene rings is 1. The topological polar surface area (TPSA) is 96.2 Å². The first-order valence-corrected chi connectivity index (χ1v) is 12.2. The number of aromatic nitrogens is 2. The molecule has 0 spiro atoms. The van der Waals surface area contributed by atoms with Crippen molar-refractivity contribution in [2.75, 3.05) is 38.2 Å². The van der Waals surface area contributed by atoms with Gasteiger partial charge in [-0.15, -0.1) is 24.0 Å². The lowest BCUT2D eigenvalue weighted by molar-refractivity contribution is -0.117. The third-order valence-electron chi connectivity index (χ3n) is 5.33. The van der Waals surface area contributed by atoms with Gasteiger partial charge in [0.25, 0.3) is 0 Å². The van der Waals surface area contributed by atoms with Crippen LogP contribution in [-0.4, -0.2) is 48.5 Å². The van der Waals surface area contributed by atoms with Gasteiger partial charge in [-0.1, -0.05) is 0 Å². The third kappa shape index (κ3) is 6.11. The minimum atomic E-state index is 0.676. The molecular weight excluding hydrogens is 440 g/mol. The molecule has 1 amide bonds. The van der Waals surface area contributed by atoms with E-state index in [9.17, 15) is 4.79 Å². The van der Waals surface area contributed by atoms with Crippen molar-refractivity contribution in [3.8, 4) is 0 Å². The van der Waals surface area contributed by atoms with Gasteiger partial charge < -0.3 is 21.3 Å². The van der Waals surface area contributed by atoms with Crippen LogP contribution in [0, 0.1) is 0 Å². The lowest BCUT2D eigenvalue weighted by Crippen LogP contribution is -2.15. The van der Waals surface area contributed by atoms with Gasteiger partial charge in [0.15, 0.2) is 0 Å². The van der Waals surface area contributed by atoms with Crippen molar-refractivity contribution < 1.29 is 4.79 Å². The SMILES string of the molecule is CNC.Nc1ccc(Nc2ncnc3sc4c(c23)CCCC4)cc1S.O=CN1CCCC1. The van der Waals surface area contributed by atoms with E-state index in [2.05, 4.69) is 33.2 Å². The molecule has 1 aromatic carbocycles. The molecule has 0 atom stereocenters. The molecule has 2 aromatic heterocycles. The molecule has 3 heterocycles. The molecule has 5 rings (SSSR count). The number of nitrogen functional groups attached to an aromatic ring is 1. The number of rotatable bonds is 3. The van der Waals surface area contributed by atoms with Crippen LogP contribution in [-0.2, 0) is 17.6 Å². The van der Waals surface area contributed by atoms with Gasteiger partial charge in [0.05, 0.1) is 5.39 Å². The van der Waals surface area contributed by atoms with E-state index in [0.29, 0.717) is 5.69 Å². The van der Waals surface area contributed by atoms with Crippen LogP contribution in [0.4, 0.5) is 17.2 Å². The average Bonchev–Trinajstić information content (AvgIpc) is 3.45. The summed E-state index contributed by atoms with van der Waals surface area (Å²) in [5.74, 6) is 0.877. The number of hydrogen-bond donors (Lipinski definition) is 4. The van der Waals surface area contributed by atoms with Crippen LogP contribution in [0.3, 0.4) is 0 Å². The number of nitrogens with one attached hydrogen (secondary N) is 2. The molecule has 1 aliphatic heterocycles. The van der Waals surface area contributed by atoms with E-state index in [0.717, 1.165) is 47.2 Å². The zero-order chi connectivity index (χ0) is 22.9. The van der Waals surface area contributed by atoms with Gasteiger partial charge in [-0.2, -0.15) is 0 Å². The van der Waals surface area contributed by atoms with Gasteiger partial charge in [0, 0.05) is 34.2 Å². The molecule has 7 nitrogen and oxygen atoms in total. The highest BCUT2D eigenvalue weighted by atomic mass is 32.1. The maximum Gasteiger partial charge on any atom is 0.209 e. The van der Waals surface area contributed by atoms with Gasteiger partial charge in [-0.05, 0) is 76.4 Å². The van der Waals surface area contributed by atoms with E-state index in [-0.39, 0.29) is 0 Å². The second-order valence-electron chi connectivity index (χ2n) is 7.86. The van der Waals surface area contributed by atoms with Crippen molar-refractivity contribution in [3.63, 3.8) is 0 Å². The highest BCUT2D eigenvalue weighted by Gasteiger charge is 2.19. The predicted octanol–water partition coefficient (Wildman–Crippen LogP) is 4.26. The fourth-order valence-electron chi connectivity index (χ4n) is 3.79. The van der Waals surface area contributed by atoms with E-state index in [4.69, 9.17) is 5.73 Å². The summed E-state index contributed by atoms with van der Waals surface area (Å²) >= 11 is 6.18. The predicted molar refractivity (Wildman–Crippen MR) is 137 cm³/mol. The van der Waals surface area contributed by atoms with Crippen LogP contribution in [0.5, 0.6) is 0 Å². The molecule has 2 aliphatic rings. The number of amides is 1. The minimum absolute atomic E-state index is 0.676. The van der Waals surface area contributed by atoms with Crippen LogP contribution in [0.15, 0.2) is 29.4 Å². The summed E-state index contributed by atoms with van der Waals surface area (Å²) in [5, 5.41) is 7.33. The van der Waals surface area contributed by atoms with E-state index >= 15 is 0 Å². The van der Waals surface area contributed by atoms with E-state index < -0.39 is 0 Å². The standard InChI is InChI=1S/C16H16N4S2.C5H9NO.C2H7N/c17-11-6-5-9(7-12(11)21)20-15-14-10-3-1-2-4-13(10)22-16(14)19-8-18-15;7-5-6-3-1-2-4-6;1-3-2/h5-8,21H,1-4,17H2,(H,18,19,20);5H,1-4H2;3H,1-2H3. The smallest absolute Gasteiger partial charge is 0.209 e. The van der Waals surface area contributed by atoms with E-state index in [1.807, 2.05) is 32.3 Å². The lowest BCUT2D eigenvalue weighted by atomic mass is 9.97. The van der Waals surface area contributed by atoms with Gasteiger partial charge in [0.1, 0.15) is 17.0 Å². The molecule has 32 heavy (non-hydrogen) atoms. The van der Waals surface area contributed by atoms with Crippen molar-refractivity contribution in [3.05, 3.63) is 35.0 Å². The largest absolute Gasteiger partial charge is 0.398 e. The second kappa shape index (κ2) is 12.0. The van der Waals surface area contributed by atoms with Crippen LogP contribution in [0.25, 0.3) is 10.2 Å². The normalized spacial score (nSPS) is 14.7. The van der Waals surface area contributed by atoms with E-state index in [1.54, 1.807) is 22.6 Å². The Balaban J connectivity index is 0.000000242. The fraction of sp³-hybridized carbons (Fsp3) is 0.435. The molecule has 3 aromatic rings. The van der Waals surface area contributed by atoms with Crippen molar-refractivity contribution >= 4 is 57.8 Å². The number of nitrogens with two attached hydrogens (primary N) is 1. The Morgan fingerprint density at radius 3 is 2.50 bits per heavy atom. The van der Waals surface area contributed by atoms with Gasteiger partial charge in [-0.3, -0.25) is 4.79 Å². The molecule has 1 aliphatic carbocycles. The maximum atomic E-state index is 9.93. The van der Waals surface area contributed by atoms with Gasteiger partial charge in [0.2, 0.25) is 6.41 Å². The number of hydrogen-bond acceptors (Lipinski definition) is 8. The summed E-state index contributed by atoms with van der Waals surface area (Å²) < 4.78 is 0. The number of anilines is 3. The Hall–Kier alpha value is -2.36. The van der Waals surface area contributed by atoms with Crippen LogP contribution in [0.1, 0.15) is 36.1 Å². The van der Waals surface area contributed by atoms with E-state index in [1.165, 1.54) is 47.9 Å². The quantitative estimate of drug-likeness (QED) is 0.258. The first kappa shape index (κ1) is 24.3. The summed E-state index contributed by atoms with van der Waals surface area (Å²) in [5.41, 5.74) is 8.86. The van der Waals surface area contributed by atoms with Crippen molar-refractivity contribution in [1.29, 1.82) is 0 Å². The third-order valence-corrected chi connectivity index (χ3v) is 6.92. The Morgan fingerprint density at radius 1 is 1.12 bits per heavy atom. The highest BCUT2D eigenvalue weighted by molar-refractivity contribution is 7.80. The molecule has 1 fully saturated rings. The van der Waals surface area contributed by atoms with Gasteiger partial charge in [-0.25, -0.2) is 9.97 Å². The minimum Gasteiger partial charge on any atom is -0.398 e. The number of likely N-dealkylation sites (tertiary alicyclic amines) is 1. The average molecular weight is 473 g/mol. The van der Waals surface area contributed by atoms with Crippen LogP contribution >= 0.6 is 24.0 Å². The second-order valence-corrected chi connectivity index (χ2v) is 9.43. The zero-order valence-electron chi connectivity index (χ0n) is 18.7. The molecule has 0 unspecified atom stereocenters. The number of benzene rings is 1. The Bertz CT molecular complexity index is 1030. The number of nitrogens with zero attached hydrogens (tertiary/aromatic N) is 3. The lowest BCUT2D eigenvalue weighted by Gasteiger charge is -2.13. The highest BCUT2D eigenvalue weighted by Crippen LogP contribution is 2.39. The van der Waals surface area contributed by atoms with Gasteiger partial charge >= 0.3 is 0 Å². The van der Waals surface area contributed by atoms with Crippen LogP contribution < -0.4 is 16.4 Å². The number of aryl methyl sites for hydroxylation is 2. The summed E-state index contributed by atoms with van der Waals surface area (Å²) in [6.07, 6.45) is 9.75. The number of carbonyl (C=O) groups is 1.